The number of methoxy groups -OCH3 is 1. The summed E-state index contributed by atoms with van der Waals surface area (Å²) in [5, 5.41) is 0. The number of nitrogens with one attached hydrogen (secondary N) is 1. The fourth-order valence-corrected chi connectivity index (χ4v) is 1.26. The molecule has 1 fully saturated rings. The smallest absolute Gasteiger partial charge is 0.358 e. The molecule has 0 bridgehead atoms. The van der Waals surface area contributed by atoms with Crippen molar-refractivity contribution in [2.45, 2.75) is 18.8 Å². The lowest BCUT2D eigenvalue weighted by molar-refractivity contribution is 0.0593. The van der Waals surface area contributed by atoms with E-state index in [1.807, 2.05) is 0 Å². The van der Waals surface area contributed by atoms with Crippen LogP contribution < -0.4 is 5.56 Å². The third-order valence-corrected chi connectivity index (χ3v) is 2.17. The molecule has 5 nitrogen and oxygen atoms in total. The Morgan fingerprint density at radius 3 is 2.93 bits per heavy atom. The van der Waals surface area contributed by atoms with E-state index in [-0.39, 0.29) is 17.2 Å². The van der Waals surface area contributed by atoms with Crippen molar-refractivity contribution in [1.82, 2.24) is 9.97 Å². The first-order valence-corrected chi connectivity index (χ1v) is 4.40. The lowest BCUT2D eigenvalue weighted by atomic mass is 10.3. The second-order valence-electron chi connectivity index (χ2n) is 3.27. The first kappa shape index (κ1) is 8.93. The maximum absolute atomic E-state index is 11.3. The average Bonchev–Trinajstić information content (AvgIpc) is 3.01. The van der Waals surface area contributed by atoms with E-state index in [9.17, 15) is 9.59 Å². The maximum atomic E-state index is 11.3. The maximum Gasteiger partial charge on any atom is 0.358 e. The number of hydrogen-bond donors (Lipinski definition) is 1. The standard InChI is InChI=1S/C9H10N2O3/c1-14-9(13)6-4-10-8(12)7(11-6)5-2-3-5/h4-5H,2-3H2,1H3,(H,10,12). The Balaban J connectivity index is 2.40. The molecule has 2 rings (SSSR count). The first-order valence-electron chi connectivity index (χ1n) is 4.40. The normalized spacial score (nSPS) is 15.2. The summed E-state index contributed by atoms with van der Waals surface area (Å²) >= 11 is 0. The van der Waals surface area contributed by atoms with E-state index in [1.54, 1.807) is 0 Å². The van der Waals surface area contributed by atoms with Crippen LogP contribution >= 0.6 is 0 Å². The number of aromatic amines is 1. The van der Waals surface area contributed by atoms with E-state index in [4.69, 9.17) is 0 Å². The molecule has 1 aromatic heterocycles. The zero-order chi connectivity index (χ0) is 10.1. The van der Waals surface area contributed by atoms with Gasteiger partial charge in [0.2, 0.25) is 0 Å². The second kappa shape index (κ2) is 3.25. The molecule has 14 heavy (non-hydrogen) atoms. The summed E-state index contributed by atoms with van der Waals surface area (Å²) in [5.74, 6) is -0.300. The van der Waals surface area contributed by atoms with Crippen LogP contribution in [0.25, 0.3) is 0 Å². The second-order valence-corrected chi connectivity index (χ2v) is 3.27. The molecule has 1 aliphatic carbocycles. The van der Waals surface area contributed by atoms with Crippen LogP contribution in [0.4, 0.5) is 0 Å². The molecular formula is C9H10N2O3. The molecule has 1 aromatic rings. The SMILES string of the molecule is COC(=O)c1c[nH]c(=O)c(C2CC2)n1. The lowest BCUT2D eigenvalue weighted by Gasteiger charge is -2.00. The largest absolute Gasteiger partial charge is 0.464 e. The van der Waals surface area contributed by atoms with Crippen molar-refractivity contribution in [2.75, 3.05) is 7.11 Å². The van der Waals surface area contributed by atoms with Crippen molar-refractivity contribution in [2.24, 2.45) is 0 Å². The van der Waals surface area contributed by atoms with Gasteiger partial charge >= 0.3 is 5.97 Å². The molecule has 0 saturated heterocycles. The minimum absolute atomic E-state index is 0.161. The molecule has 1 N–H and O–H groups in total. The summed E-state index contributed by atoms with van der Waals surface area (Å²) in [5.41, 5.74) is 0.405. The van der Waals surface area contributed by atoms with Crippen molar-refractivity contribution < 1.29 is 9.53 Å². The fourth-order valence-electron chi connectivity index (χ4n) is 1.26. The number of carbonyl (C=O) groups is 1. The Labute approximate surface area is 80.1 Å². The summed E-state index contributed by atoms with van der Waals surface area (Å²) in [6.45, 7) is 0. The Bertz CT molecular complexity index is 420. The van der Waals surface area contributed by atoms with Crippen LogP contribution in [0.3, 0.4) is 0 Å². The van der Waals surface area contributed by atoms with Crippen molar-refractivity contribution in [3.63, 3.8) is 0 Å². The van der Waals surface area contributed by atoms with Gasteiger partial charge in [0, 0.05) is 12.1 Å². The number of nitrogens with zero attached hydrogens (tertiary/aromatic N) is 1. The quantitative estimate of drug-likeness (QED) is 0.693. The van der Waals surface area contributed by atoms with Gasteiger partial charge in [-0.15, -0.1) is 0 Å². The number of carbonyl (C=O) groups excluding carboxylic acids is 1. The molecule has 74 valence electrons. The van der Waals surface area contributed by atoms with Crippen molar-refractivity contribution in [3.8, 4) is 0 Å². The summed E-state index contributed by atoms with van der Waals surface area (Å²) in [6.07, 6.45) is 3.22. The van der Waals surface area contributed by atoms with Crippen molar-refractivity contribution in [3.05, 3.63) is 27.9 Å². The van der Waals surface area contributed by atoms with Gasteiger partial charge < -0.3 is 9.72 Å². The summed E-state index contributed by atoms with van der Waals surface area (Å²) in [4.78, 5) is 28.9. The Kier molecular flexibility index (Phi) is 2.07. The zero-order valence-electron chi connectivity index (χ0n) is 7.74. The monoisotopic (exact) mass is 194 g/mol. The molecular weight excluding hydrogens is 184 g/mol. The van der Waals surface area contributed by atoms with Crippen LogP contribution in [0.2, 0.25) is 0 Å². The van der Waals surface area contributed by atoms with E-state index in [2.05, 4.69) is 14.7 Å². The number of hydrogen-bond acceptors (Lipinski definition) is 4. The molecule has 0 atom stereocenters. The topological polar surface area (TPSA) is 72.1 Å². The Morgan fingerprint density at radius 2 is 2.36 bits per heavy atom. The number of esters is 1. The average molecular weight is 194 g/mol. The van der Waals surface area contributed by atoms with Gasteiger partial charge in [0.15, 0.2) is 5.69 Å². The molecule has 0 aliphatic heterocycles. The molecule has 5 heteroatoms. The van der Waals surface area contributed by atoms with Crippen LogP contribution in [0.1, 0.15) is 34.9 Å². The van der Waals surface area contributed by atoms with Gasteiger partial charge in [-0.25, -0.2) is 9.78 Å². The minimum Gasteiger partial charge on any atom is -0.464 e. The molecule has 1 heterocycles. The highest BCUT2D eigenvalue weighted by Crippen LogP contribution is 2.37. The van der Waals surface area contributed by atoms with Gasteiger partial charge in [-0.2, -0.15) is 0 Å². The van der Waals surface area contributed by atoms with E-state index >= 15 is 0 Å². The van der Waals surface area contributed by atoms with Crippen LogP contribution in [-0.2, 0) is 4.74 Å². The highest BCUT2D eigenvalue weighted by molar-refractivity contribution is 5.86. The predicted octanol–water partition coefficient (Wildman–Crippen LogP) is 0.434. The number of ether oxygens (including phenoxy) is 1. The molecule has 0 unspecified atom stereocenters. The third-order valence-electron chi connectivity index (χ3n) is 2.17. The zero-order valence-corrected chi connectivity index (χ0v) is 7.74. The van der Waals surface area contributed by atoms with Crippen LogP contribution in [0.15, 0.2) is 11.0 Å². The van der Waals surface area contributed by atoms with Gasteiger partial charge in [0.05, 0.1) is 7.11 Å². The Hall–Kier alpha value is -1.65. The van der Waals surface area contributed by atoms with E-state index in [0.29, 0.717) is 5.69 Å². The van der Waals surface area contributed by atoms with Gasteiger partial charge in [0.25, 0.3) is 5.56 Å². The highest BCUT2D eigenvalue weighted by Gasteiger charge is 2.28. The summed E-state index contributed by atoms with van der Waals surface area (Å²) < 4.78 is 4.51. The van der Waals surface area contributed by atoms with Crippen LogP contribution in [0, 0.1) is 0 Å². The Morgan fingerprint density at radius 1 is 1.64 bits per heavy atom. The predicted molar refractivity (Wildman–Crippen MR) is 48.2 cm³/mol. The molecule has 0 radical (unpaired) electrons. The van der Waals surface area contributed by atoms with E-state index < -0.39 is 5.97 Å². The van der Waals surface area contributed by atoms with Gasteiger partial charge in [-0.1, -0.05) is 0 Å². The fraction of sp³-hybridized carbons (Fsp3) is 0.444. The minimum atomic E-state index is -0.525. The van der Waals surface area contributed by atoms with Gasteiger partial charge in [-0.05, 0) is 12.8 Å². The molecule has 0 spiro atoms. The third kappa shape index (κ3) is 1.53. The van der Waals surface area contributed by atoms with E-state index in [1.165, 1.54) is 13.3 Å². The number of H-pyrrole nitrogens is 1. The highest BCUT2D eigenvalue weighted by atomic mass is 16.5. The van der Waals surface area contributed by atoms with Crippen LogP contribution in [0.5, 0.6) is 0 Å². The van der Waals surface area contributed by atoms with Crippen LogP contribution in [-0.4, -0.2) is 23.0 Å². The summed E-state index contributed by atoms with van der Waals surface area (Å²) in [6, 6.07) is 0. The van der Waals surface area contributed by atoms with Gasteiger partial charge in [0.1, 0.15) is 5.69 Å². The lowest BCUT2D eigenvalue weighted by Crippen LogP contribution is -2.18. The molecule has 0 aromatic carbocycles. The number of rotatable bonds is 2. The van der Waals surface area contributed by atoms with Crippen molar-refractivity contribution >= 4 is 5.97 Å². The molecule has 0 amide bonds. The summed E-state index contributed by atoms with van der Waals surface area (Å²) in [7, 11) is 1.28. The van der Waals surface area contributed by atoms with Crippen molar-refractivity contribution in [1.29, 1.82) is 0 Å². The molecule has 1 saturated carbocycles. The van der Waals surface area contributed by atoms with E-state index in [0.717, 1.165) is 12.8 Å². The molecule has 1 aliphatic rings. The van der Waals surface area contributed by atoms with Gasteiger partial charge in [-0.3, -0.25) is 4.79 Å². The number of aromatic nitrogens is 2. The first-order chi connectivity index (χ1) is 6.72.